The number of anilines is 3. The number of nitrogens with zero attached hydrogens (tertiary/aromatic N) is 5. The number of hydrogen-bond donors (Lipinski definition) is 3. The monoisotopic (exact) mass is 384 g/mol. The number of piperazine rings is 1. The molecule has 0 saturated carbocycles. The van der Waals surface area contributed by atoms with E-state index in [-0.39, 0.29) is 0 Å². The highest BCUT2D eigenvalue weighted by Gasteiger charge is 2.20. The number of aryl methyl sites for hydroxylation is 1. The molecule has 3 N–H and O–H groups in total. The molecule has 3 aromatic rings. The van der Waals surface area contributed by atoms with Crippen LogP contribution >= 0.6 is 11.6 Å². The van der Waals surface area contributed by atoms with E-state index in [9.17, 15) is 0 Å². The maximum Gasteiger partial charge on any atom is 0.247 e. The summed E-state index contributed by atoms with van der Waals surface area (Å²) in [7, 11) is 0. The summed E-state index contributed by atoms with van der Waals surface area (Å²) in [5, 5.41) is 14.2. The Kier molecular flexibility index (Phi) is 4.91. The maximum absolute atomic E-state index is 6.40. The third-order valence-corrected chi connectivity index (χ3v) is 4.81. The predicted octanol–water partition coefficient (Wildman–Crippen LogP) is 2.69. The molecule has 3 heterocycles. The molecular weight excluding hydrogens is 364 g/mol. The fourth-order valence-corrected chi connectivity index (χ4v) is 3.30. The topological polar surface area (TPSA) is 94.7 Å². The van der Waals surface area contributed by atoms with Crippen molar-refractivity contribution in [2.75, 3.05) is 36.4 Å². The van der Waals surface area contributed by atoms with Crippen LogP contribution in [0.5, 0.6) is 0 Å². The number of aromatic nitrogens is 5. The third-order valence-electron chi connectivity index (χ3n) is 4.48. The van der Waals surface area contributed by atoms with Gasteiger partial charge in [-0.2, -0.15) is 4.98 Å². The first-order valence-electron chi connectivity index (χ1n) is 8.87. The number of H-pyrrole nitrogens is 1. The van der Waals surface area contributed by atoms with Crippen molar-refractivity contribution in [2.24, 2.45) is 0 Å². The van der Waals surface area contributed by atoms with Gasteiger partial charge in [0.2, 0.25) is 5.95 Å². The van der Waals surface area contributed by atoms with E-state index in [0.717, 1.165) is 48.9 Å². The van der Waals surface area contributed by atoms with Crippen LogP contribution in [-0.4, -0.2) is 51.3 Å². The van der Waals surface area contributed by atoms with E-state index < -0.39 is 0 Å². The van der Waals surface area contributed by atoms with Crippen LogP contribution in [0.4, 0.5) is 17.6 Å². The summed E-state index contributed by atoms with van der Waals surface area (Å²) in [4.78, 5) is 16.2. The second kappa shape index (κ2) is 7.50. The first-order valence-corrected chi connectivity index (χ1v) is 9.25. The highest BCUT2D eigenvalue weighted by atomic mass is 35.5. The molecule has 0 unspecified atom stereocenters. The first-order chi connectivity index (χ1) is 13.1. The van der Waals surface area contributed by atoms with Crippen molar-refractivity contribution in [1.82, 2.24) is 30.5 Å². The standard InChI is InChI=1S/C18H21ClN8/c1-11-15(24-18-21-12(2)25-26-18)22-16(13-5-3-4-6-14(13)19)23-17(11)27-9-7-20-8-10-27/h3-6,20H,7-10H2,1-2H3,(H2,21,22,23,24,25,26). The van der Waals surface area contributed by atoms with Crippen LogP contribution in [0, 0.1) is 13.8 Å². The number of benzene rings is 1. The molecule has 4 rings (SSSR count). The van der Waals surface area contributed by atoms with E-state index in [1.54, 1.807) is 0 Å². The quantitative estimate of drug-likeness (QED) is 0.636. The Hall–Kier alpha value is -2.71. The predicted molar refractivity (Wildman–Crippen MR) is 107 cm³/mol. The van der Waals surface area contributed by atoms with Gasteiger partial charge >= 0.3 is 0 Å². The molecule has 9 heteroatoms. The normalized spacial score (nSPS) is 14.4. The van der Waals surface area contributed by atoms with Crippen LogP contribution < -0.4 is 15.5 Å². The van der Waals surface area contributed by atoms with Crippen molar-refractivity contribution in [2.45, 2.75) is 13.8 Å². The fourth-order valence-electron chi connectivity index (χ4n) is 3.08. The lowest BCUT2D eigenvalue weighted by atomic mass is 10.2. The average Bonchev–Trinajstić information content (AvgIpc) is 3.09. The number of aromatic amines is 1. The minimum absolute atomic E-state index is 0.477. The summed E-state index contributed by atoms with van der Waals surface area (Å²) in [6, 6.07) is 7.60. The molecule has 0 spiro atoms. The maximum atomic E-state index is 6.40. The van der Waals surface area contributed by atoms with Gasteiger partial charge in [-0.15, -0.1) is 5.10 Å². The van der Waals surface area contributed by atoms with Crippen molar-refractivity contribution in [1.29, 1.82) is 0 Å². The summed E-state index contributed by atoms with van der Waals surface area (Å²) in [6.45, 7) is 7.49. The van der Waals surface area contributed by atoms with Gasteiger partial charge in [0.05, 0.1) is 5.02 Å². The molecular formula is C18H21ClN8. The summed E-state index contributed by atoms with van der Waals surface area (Å²) in [5.74, 6) is 3.36. The number of halogens is 1. The Balaban J connectivity index is 1.81. The summed E-state index contributed by atoms with van der Waals surface area (Å²) in [6.07, 6.45) is 0. The van der Waals surface area contributed by atoms with E-state index in [4.69, 9.17) is 21.6 Å². The molecule has 8 nitrogen and oxygen atoms in total. The largest absolute Gasteiger partial charge is 0.354 e. The lowest BCUT2D eigenvalue weighted by Crippen LogP contribution is -2.44. The minimum atomic E-state index is 0.477. The van der Waals surface area contributed by atoms with Crippen LogP contribution in [0.3, 0.4) is 0 Å². The molecule has 0 radical (unpaired) electrons. The zero-order valence-electron chi connectivity index (χ0n) is 15.3. The SMILES string of the molecule is Cc1nc(Nc2nc(-c3ccccc3Cl)nc(N3CCNCC3)c2C)n[nH]1. The van der Waals surface area contributed by atoms with Gasteiger partial charge in [-0.05, 0) is 26.0 Å². The number of hydrogen-bond acceptors (Lipinski definition) is 7. The van der Waals surface area contributed by atoms with Gasteiger partial charge in [-0.25, -0.2) is 9.97 Å². The fraction of sp³-hybridized carbons (Fsp3) is 0.333. The first kappa shape index (κ1) is 17.7. The minimum Gasteiger partial charge on any atom is -0.354 e. The molecule has 0 bridgehead atoms. The number of nitrogens with one attached hydrogen (secondary N) is 3. The zero-order chi connectivity index (χ0) is 18.8. The zero-order valence-corrected chi connectivity index (χ0v) is 16.0. The Morgan fingerprint density at radius 1 is 1.07 bits per heavy atom. The van der Waals surface area contributed by atoms with Crippen LogP contribution in [0.2, 0.25) is 5.02 Å². The van der Waals surface area contributed by atoms with E-state index in [2.05, 4.69) is 30.7 Å². The van der Waals surface area contributed by atoms with E-state index in [0.29, 0.717) is 22.6 Å². The molecule has 0 aliphatic carbocycles. The van der Waals surface area contributed by atoms with Crippen molar-refractivity contribution in [3.8, 4) is 11.4 Å². The highest BCUT2D eigenvalue weighted by Crippen LogP contribution is 2.32. The molecule has 0 atom stereocenters. The second-order valence-electron chi connectivity index (χ2n) is 6.43. The Morgan fingerprint density at radius 2 is 1.85 bits per heavy atom. The molecule has 2 aromatic heterocycles. The van der Waals surface area contributed by atoms with E-state index in [1.165, 1.54) is 0 Å². The van der Waals surface area contributed by atoms with Crippen LogP contribution in [-0.2, 0) is 0 Å². The smallest absolute Gasteiger partial charge is 0.247 e. The van der Waals surface area contributed by atoms with Crippen molar-refractivity contribution in [3.05, 3.63) is 40.7 Å². The molecule has 1 fully saturated rings. The third kappa shape index (κ3) is 3.72. The lowest BCUT2D eigenvalue weighted by molar-refractivity contribution is 0.584. The van der Waals surface area contributed by atoms with Gasteiger partial charge in [-0.3, -0.25) is 5.10 Å². The summed E-state index contributed by atoms with van der Waals surface area (Å²) < 4.78 is 0. The molecule has 0 amide bonds. The molecule has 1 aromatic carbocycles. The average molecular weight is 385 g/mol. The van der Waals surface area contributed by atoms with E-state index >= 15 is 0 Å². The van der Waals surface area contributed by atoms with Gasteiger partial charge in [-0.1, -0.05) is 23.7 Å². The summed E-state index contributed by atoms with van der Waals surface area (Å²) in [5.41, 5.74) is 1.75. The summed E-state index contributed by atoms with van der Waals surface area (Å²) >= 11 is 6.40. The number of rotatable bonds is 4. The Labute approximate surface area is 162 Å². The van der Waals surface area contributed by atoms with E-state index in [1.807, 2.05) is 38.1 Å². The van der Waals surface area contributed by atoms with Gasteiger partial charge in [0.1, 0.15) is 17.5 Å². The molecule has 1 saturated heterocycles. The molecule has 1 aliphatic rings. The van der Waals surface area contributed by atoms with Crippen LogP contribution in [0.1, 0.15) is 11.4 Å². The van der Waals surface area contributed by atoms with Gasteiger partial charge in [0.15, 0.2) is 5.82 Å². The highest BCUT2D eigenvalue weighted by molar-refractivity contribution is 6.33. The van der Waals surface area contributed by atoms with Crippen molar-refractivity contribution < 1.29 is 0 Å². The van der Waals surface area contributed by atoms with Crippen molar-refractivity contribution >= 4 is 29.2 Å². The molecule has 27 heavy (non-hydrogen) atoms. The Morgan fingerprint density at radius 3 is 2.56 bits per heavy atom. The van der Waals surface area contributed by atoms with Gasteiger partial charge < -0.3 is 15.5 Å². The van der Waals surface area contributed by atoms with Crippen LogP contribution in [0.25, 0.3) is 11.4 Å². The lowest BCUT2D eigenvalue weighted by Gasteiger charge is -2.30. The van der Waals surface area contributed by atoms with Crippen molar-refractivity contribution in [3.63, 3.8) is 0 Å². The second-order valence-corrected chi connectivity index (χ2v) is 6.84. The van der Waals surface area contributed by atoms with Gasteiger partial charge in [0, 0.05) is 37.3 Å². The molecule has 1 aliphatic heterocycles. The van der Waals surface area contributed by atoms with Crippen LogP contribution in [0.15, 0.2) is 24.3 Å². The van der Waals surface area contributed by atoms with Gasteiger partial charge in [0.25, 0.3) is 0 Å². The Bertz CT molecular complexity index is 948. The molecule has 140 valence electrons.